The van der Waals surface area contributed by atoms with Crippen LogP contribution < -0.4 is 4.74 Å². The van der Waals surface area contributed by atoms with Crippen molar-refractivity contribution in [2.75, 3.05) is 26.8 Å². The van der Waals surface area contributed by atoms with Gasteiger partial charge in [0.15, 0.2) is 5.82 Å². The Bertz CT molecular complexity index is 952. The summed E-state index contributed by atoms with van der Waals surface area (Å²) in [6, 6.07) is 5.82. The first-order chi connectivity index (χ1) is 14.0. The Balaban J connectivity index is 1.54. The molecule has 0 bridgehead atoms. The van der Waals surface area contributed by atoms with Crippen molar-refractivity contribution in [3.63, 3.8) is 0 Å². The second-order valence-corrected chi connectivity index (χ2v) is 7.60. The summed E-state index contributed by atoms with van der Waals surface area (Å²) in [5.41, 5.74) is 1.80. The minimum absolute atomic E-state index is 0.194. The number of hydrogen-bond acceptors (Lipinski definition) is 5. The molecule has 0 saturated carbocycles. The molecule has 1 fully saturated rings. The summed E-state index contributed by atoms with van der Waals surface area (Å²) in [7, 11) is 1.50. The van der Waals surface area contributed by atoms with Gasteiger partial charge in [-0.15, -0.1) is 0 Å². The van der Waals surface area contributed by atoms with Gasteiger partial charge in [-0.2, -0.15) is 4.98 Å². The van der Waals surface area contributed by atoms with Crippen LogP contribution in [0.2, 0.25) is 0 Å². The topological polar surface area (TPSA) is 64.5 Å². The molecule has 2 aromatic rings. The molecule has 3 heterocycles. The maximum atomic E-state index is 14.3. The monoisotopic (exact) mass is 397 g/mol. The lowest BCUT2D eigenvalue weighted by Crippen LogP contribution is -2.48. The normalized spacial score (nSPS) is 18.4. The van der Waals surface area contributed by atoms with E-state index in [0.717, 1.165) is 25.9 Å². The average Bonchev–Trinajstić information content (AvgIpc) is 2.73. The highest BCUT2D eigenvalue weighted by Crippen LogP contribution is 2.33. The molecule has 0 N–H and O–H groups in total. The maximum Gasteiger partial charge on any atom is 0.253 e. The van der Waals surface area contributed by atoms with E-state index in [0.29, 0.717) is 35.9 Å². The zero-order chi connectivity index (χ0) is 20.4. The van der Waals surface area contributed by atoms with E-state index in [1.165, 1.54) is 31.0 Å². The van der Waals surface area contributed by atoms with Gasteiger partial charge in [-0.3, -0.25) is 4.79 Å². The molecule has 7 heteroatoms. The average molecular weight is 397 g/mol. The molecule has 4 rings (SSSR count). The van der Waals surface area contributed by atoms with Crippen LogP contribution >= 0.6 is 0 Å². The van der Waals surface area contributed by atoms with Crippen molar-refractivity contribution < 1.29 is 18.7 Å². The Labute approximate surface area is 169 Å². The van der Waals surface area contributed by atoms with E-state index >= 15 is 0 Å². The molecule has 6 nitrogen and oxygen atoms in total. The highest BCUT2D eigenvalue weighted by atomic mass is 19.1. The zero-order valence-corrected chi connectivity index (χ0v) is 16.7. The smallest absolute Gasteiger partial charge is 0.253 e. The highest BCUT2D eigenvalue weighted by molar-refractivity contribution is 5.95. The van der Waals surface area contributed by atoms with Gasteiger partial charge in [0.2, 0.25) is 5.88 Å². The van der Waals surface area contributed by atoms with Crippen molar-refractivity contribution in [3.05, 3.63) is 53.5 Å². The molecule has 0 atom stereocenters. The minimum atomic E-state index is -0.500. The summed E-state index contributed by atoms with van der Waals surface area (Å²) < 4.78 is 25.4. The van der Waals surface area contributed by atoms with Gasteiger partial charge in [-0.05, 0) is 44.4 Å². The number of aromatic nitrogens is 2. The molecular weight excluding hydrogens is 373 g/mol. The number of carbonyl (C=O) groups is 1. The summed E-state index contributed by atoms with van der Waals surface area (Å²) in [6.07, 6.45) is 6.20. The summed E-state index contributed by atoms with van der Waals surface area (Å²) in [4.78, 5) is 23.2. The van der Waals surface area contributed by atoms with Gasteiger partial charge in [-0.25, -0.2) is 9.37 Å². The number of halogens is 1. The van der Waals surface area contributed by atoms with E-state index in [1.54, 1.807) is 17.0 Å². The number of hydrogen-bond donors (Lipinski definition) is 0. The molecule has 0 radical (unpaired) electrons. The van der Waals surface area contributed by atoms with Crippen molar-refractivity contribution in [1.29, 1.82) is 0 Å². The Kier molecular flexibility index (Phi) is 5.32. The fourth-order valence-corrected chi connectivity index (χ4v) is 3.97. The van der Waals surface area contributed by atoms with Gasteiger partial charge in [0.25, 0.3) is 5.91 Å². The first kappa shape index (κ1) is 19.5. The molecule has 1 saturated heterocycles. The first-order valence-electron chi connectivity index (χ1n) is 9.78. The third-order valence-electron chi connectivity index (χ3n) is 5.53. The molecular formula is C22H24FN3O3. The van der Waals surface area contributed by atoms with Crippen molar-refractivity contribution in [2.24, 2.45) is 0 Å². The van der Waals surface area contributed by atoms with Gasteiger partial charge >= 0.3 is 0 Å². The van der Waals surface area contributed by atoms with Crippen LogP contribution in [0.4, 0.5) is 4.39 Å². The third-order valence-corrected chi connectivity index (χ3v) is 5.53. The summed E-state index contributed by atoms with van der Waals surface area (Å²) in [5, 5.41) is 0. The van der Waals surface area contributed by atoms with Crippen LogP contribution in [-0.4, -0.2) is 53.2 Å². The van der Waals surface area contributed by atoms with Crippen molar-refractivity contribution in [2.45, 2.75) is 31.8 Å². The number of likely N-dealkylation sites (tertiary alicyclic amines) is 1. The number of nitrogens with zero attached hydrogens (tertiary/aromatic N) is 3. The van der Waals surface area contributed by atoms with Crippen molar-refractivity contribution >= 4 is 5.91 Å². The molecule has 29 heavy (non-hydrogen) atoms. The van der Waals surface area contributed by atoms with Crippen molar-refractivity contribution in [1.82, 2.24) is 14.9 Å². The molecule has 1 amide bonds. The Morgan fingerprint density at radius 3 is 2.79 bits per heavy atom. The largest absolute Gasteiger partial charge is 0.481 e. The SMILES string of the molecule is COc1ccnc(-c2cc(F)cc(C(=O)N3CCC4(C=C(C)CCO4)CC3)c2)n1. The standard InChI is InChI=1S/C22H24FN3O3/c1-15-4-10-29-22(14-15)5-8-26(9-6-22)21(27)17-11-16(12-18(23)13-17)20-24-7-3-19(25-20)28-2/h3,7,11-14H,4-6,8-10H2,1-2H3. The minimum Gasteiger partial charge on any atom is -0.481 e. The number of piperidine rings is 1. The molecule has 1 aromatic carbocycles. The molecule has 1 spiro atoms. The molecule has 152 valence electrons. The van der Waals surface area contributed by atoms with Crippen LogP contribution in [0.25, 0.3) is 11.4 Å². The van der Waals surface area contributed by atoms with Crippen LogP contribution in [-0.2, 0) is 4.74 Å². The summed E-state index contributed by atoms with van der Waals surface area (Å²) >= 11 is 0. The number of carbonyl (C=O) groups excluding carboxylic acids is 1. The third kappa shape index (κ3) is 4.15. The second kappa shape index (κ2) is 7.91. The summed E-state index contributed by atoms with van der Waals surface area (Å²) in [6.45, 7) is 4.00. The van der Waals surface area contributed by atoms with Gasteiger partial charge in [-0.1, -0.05) is 11.6 Å². The lowest BCUT2D eigenvalue weighted by Gasteiger charge is -2.42. The number of rotatable bonds is 3. The molecule has 0 aliphatic carbocycles. The van der Waals surface area contributed by atoms with E-state index in [-0.39, 0.29) is 11.5 Å². The van der Waals surface area contributed by atoms with Crippen molar-refractivity contribution in [3.8, 4) is 17.3 Å². The fraction of sp³-hybridized carbons (Fsp3) is 0.409. The van der Waals surface area contributed by atoms with Crippen LogP contribution in [0.15, 0.2) is 42.1 Å². The van der Waals surface area contributed by atoms with Gasteiger partial charge < -0.3 is 14.4 Å². The predicted molar refractivity (Wildman–Crippen MR) is 106 cm³/mol. The summed E-state index contributed by atoms with van der Waals surface area (Å²) in [5.74, 6) is -0.00376. The number of benzene rings is 1. The van der Waals surface area contributed by atoms with E-state index < -0.39 is 5.82 Å². The molecule has 2 aliphatic rings. The lowest BCUT2D eigenvalue weighted by molar-refractivity contribution is -0.0522. The quantitative estimate of drug-likeness (QED) is 0.740. The highest BCUT2D eigenvalue weighted by Gasteiger charge is 2.37. The molecule has 0 unspecified atom stereocenters. The van der Waals surface area contributed by atoms with E-state index in [9.17, 15) is 9.18 Å². The van der Waals surface area contributed by atoms with Crippen LogP contribution in [0, 0.1) is 5.82 Å². The Morgan fingerprint density at radius 2 is 2.07 bits per heavy atom. The van der Waals surface area contributed by atoms with Crippen LogP contribution in [0.5, 0.6) is 5.88 Å². The lowest BCUT2D eigenvalue weighted by atomic mass is 9.87. The second-order valence-electron chi connectivity index (χ2n) is 7.60. The van der Waals surface area contributed by atoms with E-state index in [2.05, 4.69) is 23.0 Å². The van der Waals surface area contributed by atoms with E-state index in [1.807, 2.05) is 0 Å². The van der Waals surface area contributed by atoms with Gasteiger partial charge in [0, 0.05) is 36.5 Å². The fourth-order valence-electron chi connectivity index (χ4n) is 3.97. The van der Waals surface area contributed by atoms with Crippen LogP contribution in [0.3, 0.4) is 0 Å². The first-order valence-corrected chi connectivity index (χ1v) is 9.78. The number of ether oxygens (including phenoxy) is 2. The van der Waals surface area contributed by atoms with Crippen LogP contribution in [0.1, 0.15) is 36.5 Å². The number of amides is 1. The Morgan fingerprint density at radius 1 is 1.28 bits per heavy atom. The zero-order valence-electron chi connectivity index (χ0n) is 16.7. The molecule has 2 aliphatic heterocycles. The van der Waals surface area contributed by atoms with Gasteiger partial charge in [0.1, 0.15) is 5.82 Å². The maximum absolute atomic E-state index is 14.3. The van der Waals surface area contributed by atoms with E-state index in [4.69, 9.17) is 9.47 Å². The predicted octanol–water partition coefficient (Wildman–Crippen LogP) is 3.63. The molecule has 1 aromatic heterocycles. The number of methoxy groups -OCH3 is 1. The van der Waals surface area contributed by atoms with Gasteiger partial charge in [0.05, 0.1) is 19.3 Å². The Hall–Kier alpha value is -2.80.